The van der Waals surface area contributed by atoms with Gasteiger partial charge in [-0.25, -0.2) is 9.97 Å². The van der Waals surface area contributed by atoms with Gasteiger partial charge in [0.15, 0.2) is 5.82 Å². The van der Waals surface area contributed by atoms with E-state index < -0.39 is 31.0 Å². The molecule has 0 unspecified atom stereocenters. The van der Waals surface area contributed by atoms with Gasteiger partial charge in [0.25, 0.3) is 0 Å². The summed E-state index contributed by atoms with van der Waals surface area (Å²) in [5, 5.41) is 39.0. The third kappa shape index (κ3) is 2.73. The molecule has 8 heteroatoms. The lowest BCUT2D eigenvalue weighted by Gasteiger charge is -2.15. The normalized spacial score (nSPS) is 27.3. The van der Waals surface area contributed by atoms with E-state index in [2.05, 4.69) is 9.97 Å². The summed E-state index contributed by atoms with van der Waals surface area (Å²) in [6.45, 7) is -0.434. The van der Waals surface area contributed by atoms with Crippen molar-refractivity contribution in [2.75, 3.05) is 12.3 Å². The van der Waals surface area contributed by atoms with Gasteiger partial charge in [0.1, 0.15) is 35.9 Å². The van der Waals surface area contributed by atoms with E-state index in [1.54, 1.807) is 18.2 Å². The predicted molar refractivity (Wildman–Crippen MR) is 80.3 cm³/mol. The topological polar surface area (TPSA) is 142 Å². The standard InChI is InChI=1S/C15H17N3O5/c16-8-5-17-15(14-13(22)12(21)10(6-19)23-14)18-11(8)7-3-1-2-4-9(7)20/h1-5,10,12-14,19-22H,6,16H2/t10-,12-,13-,14-/m1/s1. The van der Waals surface area contributed by atoms with Crippen LogP contribution in [0, 0.1) is 0 Å². The first-order valence-corrected chi connectivity index (χ1v) is 7.06. The molecular formula is C15H17N3O5. The lowest BCUT2D eigenvalue weighted by atomic mass is 10.1. The number of nitrogens with zero attached hydrogens (tertiary/aromatic N) is 2. The lowest BCUT2D eigenvalue weighted by Crippen LogP contribution is -2.32. The predicted octanol–water partition coefficient (Wildman–Crippen LogP) is -0.415. The molecule has 0 saturated carbocycles. The highest BCUT2D eigenvalue weighted by Gasteiger charge is 2.44. The summed E-state index contributed by atoms with van der Waals surface area (Å²) in [6, 6.07) is 6.55. The largest absolute Gasteiger partial charge is 0.507 e. The van der Waals surface area contributed by atoms with E-state index in [1.165, 1.54) is 12.3 Å². The highest BCUT2D eigenvalue weighted by atomic mass is 16.6. The quantitative estimate of drug-likeness (QED) is 0.514. The second kappa shape index (κ2) is 6.09. The summed E-state index contributed by atoms with van der Waals surface area (Å²) < 4.78 is 5.40. The molecule has 0 spiro atoms. The van der Waals surface area contributed by atoms with Crippen molar-refractivity contribution in [3.8, 4) is 17.0 Å². The van der Waals surface area contributed by atoms with Crippen LogP contribution in [0.2, 0.25) is 0 Å². The SMILES string of the molecule is Nc1cnc([C@@H]2O[C@H](CO)[C@@H](O)[C@H]2O)nc1-c1ccccc1O. The van der Waals surface area contributed by atoms with Crippen LogP contribution >= 0.6 is 0 Å². The molecule has 1 aromatic carbocycles. The lowest BCUT2D eigenvalue weighted by molar-refractivity contribution is -0.0252. The van der Waals surface area contributed by atoms with Gasteiger partial charge in [0.2, 0.25) is 0 Å². The first-order valence-electron chi connectivity index (χ1n) is 7.06. The van der Waals surface area contributed by atoms with E-state index in [9.17, 15) is 15.3 Å². The second-order valence-corrected chi connectivity index (χ2v) is 5.31. The highest BCUT2D eigenvalue weighted by Crippen LogP contribution is 2.35. The minimum absolute atomic E-state index is 0.00464. The zero-order valence-corrected chi connectivity index (χ0v) is 12.1. The maximum absolute atomic E-state index is 10.1. The van der Waals surface area contributed by atoms with Crippen LogP contribution in [0.3, 0.4) is 0 Å². The number of nitrogen functional groups attached to an aromatic ring is 1. The summed E-state index contributed by atoms with van der Waals surface area (Å²) in [5.74, 6) is 0.116. The number of benzene rings is 1. The maximum atomic E-state index is 10.1. The Morgan fingerprint density at radius 2 is 1.91 bits per heavy atom. The molecule has 6 N–H and O–H groups in total. The van der Waals surface area contributed by atoms with Crippen LogP contribution < -0.4 is 5.73 Å². The minimum Gasteiger partial charge on any atom is -0.507 e. The van der Waals surface area contributed by atoms with E-state index in [4.69, 9.17) is 15.6 Å². The summed E-state index contributed by atoms with van der Waals surface area (Å²) in [4.78, 5) is 8.30. The number of aromatic hydroxyl groups is 1. The smallest absolute Gasteiger partial charge is 0.160 e. The van der Waals surface area contributed by atoms with Crippen molar-refractivity contribution in [2.45, 2.75) is 24.4 Å². The van der Waals surface area contributed by atoms with Crippen LogP contribution in [0.1, 0.15) is 11.9 Å². The van der Waals surface area contributed by atoms with Gasteiger partial charge >= 0.3 is 0 Å². The van der Waals surface area contributed by atoms with Gasteiger partial charge in [-0.2, -0.15) is 0 Å². The number of hydrogen-bond acceptors (Lipinski definition) is 8. The maximum Gasteiger partial charge on any atom is 0.160 e. The molecule has 1 aromatic heterocycles. The summed E-state index contributed by atoms with van der Waals surface area (Å²) in [7, 11) is 0. The van der Waals surface area contributed by atoms with Crippen molar-refractivity contribution in [3.05, 3.63) is 36.3 Å². The van der Waals surface area contributed by atoms with Gasteiger partial charge < -0.3 is 30.9 Å². The zero-order valence-electron chi connectivity index (χ0n) is 12.1. The van der Waals surface area contributed by atoms with Gasteiger partial charge in [-0.15, -0.1) is 0 Å². The molecule has 8 nitrogen and oxygen atoms in total. The summed E-state index contributed by atoms with van der Waals surface area (Å²) >= 11 is 0. The number of hydrogen-bond donors (Lipinski definition) is 5. The molecule has 0 aliphatic carbocycles. The number of aliphatic hydroxyl groups excluding tert-OH is 3. The number of nitrogens with two attached hydrogens (primary N) is 1. The van der Waals surface area contributed by atoms with Crippen LogP contribution in [0.4, 0.5) is 5.69 Å². The number of ether oxygens (including phenoxy) is 1. The van der Waals surface area contributed by atoms with Crippen molar-refractivity contribution in [3.63, 3.8) is 0 Å². The van der Waals surface area contributed by atoms with Crippen molar-refractivity contribution in [1.29, 1.82) is 0 Å². The Labute approximate surface area is 131 Å². The Hall–Kier alpha value is -2.26. The van der Waals surface area contributed by atoms with Crippen LogP contribution in [0.15, 0.2) is 30.5 Å². The Balaban J connectivity index is 2.00. The molecule has 3 rings (SSSR count). The molecular weight excluding hydrogens is 302 g/mol. The highest BCUT2D eigenvalue weighted by molar-refractivity contribution is 5.76. The molecule has 1 fully saturated rings. The first kappa shape index (κ1) is 15.6. The number of aliphatic hydroxyl groups is 3. The number of phenols is 1. The van der Waals surface area contributed by atoms with Crippen LogP contribution in [0.5, 0.6) is 5.75 Å². The molecule has 1 aliphatic rings. The van der Waals surface area contributed by atoms with Gasteiger partial charge in [-0.05, 0) is 12.1 Å². The molecule has 0 bridgehead atoms. The average Bonchev–Trinajstić information content (AvgIpc) is 2.84. The third-order valence-corrected chi connectivity index (χ3v) is 3.79. The van der Waals surface area contributed by atoms with E-state index in [-0.39, 0.29) is 17.3 Å². The fourth-order valence-electron chi connectivity index (χ4n) is 2.54. The number of aromatic nitrogens is 2. The van der Waals surface area contributed by atoms with Gasteiger partial charge in [-0.1, -0.05) is 12.1 Å². The van der Waals surface area contributed by atoms with E-state index in [1.807, 2.05) is 0 Å². The first-order chi connectivity index (χ1) is 11.0. The van der Waals surface area contributed by atoms with E-state index in [0.29, 0.717) is 11.3 Å². The molecule has 23 heavy (non-hydrogen) atoms. The molecule has 2 aromatic rings. The fraction of sp³-hybridized carbons (Fsp3) is 0.333. The molecule has 1 aliphatic heterocycles. The van der Waals surface area contributed by atoms with Crippen molar-refractivity contribution in [1.82, 2.24) is 9.97 Å². The summed E-state index contributed by atoms with van der Waals surface area (Å²) in [6.07, 6.45) is -3.07. The number of para-hydroxylation sites is 1. The Kier molecular flexibility index (Phi) is 4.14. The third-order valence-electron chi connectivity index (χ3n) is 3.79. The van der Waals surface area contributed by atoms with Gasteiger partial charge in [0.05, 0.1) is 18.5 Å². The molecule has 2 heterocycles. The second-order valence-electron chi connectivity index (χ2n) is 5.31. The van der Waals surface area contributed by atoms with Gasteiger partial charge in [-0.3, -0.25) is 0 Å². The van der Waals surface area contributed by atoms with Crippen molar-refractivity contribution >= 4 is 5.69 Å². The molecule has 0 radical (unpaired) electrons. The van der Waals surface area contributed by atoms with E-state index in [0.717, 1.165) is 0 Å². The van der Waals surface area contributed by atoms with Gasteiger partial charge in [0, 0.05) is 5.56 Å². The summed E-state index contributed by atoms with van der Waals surface area (Å²) in [5.41, 5.74) is 6.84. The Morgan fingerprint density at radius 3 is 2.57 bits per heavy atom. The van der Waals surface area contributed by atoms with Crippen LogP contribution in [-0.2, 0) is 4.74 Å². The molecule has 4 atom stereocenters. The number of anilines is 1. The van der Waals surface area contributed by atoms with Crippen LogP contribution in [0.25, 0.3) is 11.3 Å². The number of rotatable bonds is 3. The van der Waals surface area contributed by atoms with Crippen molar-refractivity contribution < 1.29 is 25.2 Å². The average molecular weight is 319 g/mol. The van der Waals surface area contributed by atoms with Crippen molar-refractivity contribution in [2.24, 2.45) is 0 Å². The Bertz CT molecular complexity index is 711. The Morgan fingerprint density at radius 1 is 1.17 bits per heavy atom. The van der Waals surface area contributed by atoms with E-state index >= 15 is 0 Å². The molecule has 1 saturated heterocycles. The molecule has 122 valence electrons. The fourth-order valence-corrected chi connectivity index (χ4v) is 2.54. The number of phenolic OH excluding ortho intramolecular Hbond substituents is 1. The minimum atomic E-state index is -1.27. The monoisotopic (exact) mass is 319 g/mol. The zero-order chi connectivity index (χ0) is 16.6. The molecule has 0 amide bonds. The van der Waals surface area contributed by atoms with Crippen LogP contribution in [-0.4, -0.2) is 55.3 Å².